The molecule has 0 aromatic heterocycles. The van der Waals surface area contributed by atoms with Gasteiger partial charge in [-0.1, -0.05) is 19.1 Å². The molecule has 5 heteroatoms. The largest absolute Gasteiger partial charge is 0.508 e. The first-order valence-electron chi connectivity index (χ1n) is 6.01. The van der Waals surface area contributed by atoms with E-state index in [2.05, 4.69) is 12.2 Å². The molecule has 1 atom stereocenters. The lowest BCUT2D eigenvalue weighted by Gasteiger charge is -2.17. The fraction of sp³-hybridized carbons (Fsp3) is 0.462. The van der Waals surface area contributed by atoms with E-state index < -0.39 is 5.91 Å². The van der Waals surface area contributed by atoms with Crippen LogP contribution in [-0.2, 0) is 9.53 Å². The zero-order chi connectivity index (χ0) is 13.4. The molecule has 0 radical (unpaired) electrons. The number of benzene rings is 1. The SMILES string of the molecule is CCC(NCCOCC(N)=O)c1ccc(O)cc1. The summed E-state index contributed by atoms with van der Waals surface area (Å²) in [6.45, 7) is 3.12. The monoisotopic (exact) mass is 252 g/mol. The Hall–Kier alpha value is -1.59. The Balaban J connectivity index is 2.33. The number of hydrogen-bond donors (Lipinski definition) is 3. The topological polar surface area (TPSA) is 84.6 Å². The molecule has 1 rings (SSSR count). The number of aromatic hydroxyl groups is 1. The van der Waals surface area contributed by atoms with Crippen LogP contribution in [0.25, 0.3) is 0 Å². The number of carbonyl (C=O) groups excluding carboxylic acids is 1. The summed E-state index contributed by atoms with van der Waals surface area (Å²) in [7, 11) is 0. The maximum absolute atomic E-state index is 10.5. The average Bonchev–Trinajstić information content (AvgIpc) is 2.35. The highest BCUT2D eigenvalue weighted by Gasteiger charge is 2.07. The Bertz CT molecular complexity index is 365. The summed E-state index contributed by atoms with van der Waals surface area (Å²) in [5, 5.41) is 12.5. The molecule has 18 heavy (non-hydrogen) atoms. The van der Waals surface area contributed by atoms with Gasteiger partial charge in [0.05, 0.1) is 6.61 Å². The number of ether oxygens (including phenoxy) is 1. The van der Waals surface area contributed by atoms with Crippen molar-refractivity contribution in [2.75, 3.05) is 19.8 Å². The van der Waals surface area contributed by atoms with Crippen molar-refractivity contribution >= 4 is 5.91 Å². The van der Waals surface area contributed by atoms with Crippen molar-refractivity contribution in [2.24, 2.45) is 5.73 Å². The molecule has 5 nitrogen and oxygen atoms in total. The van der Waals surface area contributed by atoms with Gasteiger partial charge in [0.2, 0.25) is 5.91 Å². The van der Waals surface area contributed by atoms with Crippen LogP contribution in [-0.4, -0.2) is 30.8 Å². The van der Waals surface area contributed by atoms with E-state index in [0.717, 1.165) is 12.0 Å². The molecule has 0 aliphatic carbocycles. The Morgan fingerprint density at radius 2 is 2.11 bits per heavy atom. The molecule has 0 saturated heterocycles. The molecule has 1 amide bonds. The van der Waals surface area contributed by atoms with Gasteiger partial charge < -0.3 is 20.9 Å². The first-order valence-corrected chi connectivity index (χ1v) is 6.01. The molecule has 1 aromatic rings. The van der Waals surface area contributed by atoms with Gasteiger partial charge in [-0.2, -0.15) is 0 Å². The van der Waals surface area contributed by atoms with Gasteiger partial charge >= 0.3 is 0 Å². The van der Waals surface area contributed by atoms with Crippen LogP contribution in [0.15, 0.2) is 24.3 Å². The Morgan fingerprint density at radius 3 is 2.67 bits per heavy atom. The van der Waals surface area contributed by atoms with Gasteiger partial charge in [0.1, 0.15) is 12.4 Å². The fourth-order valence-corrected chi connectivity index (χ4v) is 1.68. The van der Waals surface area contributed by atoms with E-state index in [1.807, 2.05) is 12.1 Å². The van der Waals surface area contributed by atoms with Gasteiger partial charge in [-0.25, -0.2) is 0 Å². The van der Waals surface area contributed by atoms with Crippen LogP contribution >= 0.6 is 0 Å². The molecular weight excluding hydrogens is 232 g/mol. The highest BCUT2D eigenvalue weighted by Crippen LogP contribution is 2.19. The quantitative estimate of drug-likeness (QED) is 0.601. The number of amides is 1. The molecule has 0 fully saturated rings. The molecule has 1 unspecified atom stereocenters. The maximum atomic E-state index is 10.5. The number of phenols is 1. The predicted octanol–water partition coefficient (Wildman–Crippen LogP) is 0.935. The summed E-state index contributed by atoms with van der Waals surface area (Å²) in [6.07, 6.45) is 0.931. The maximum Gasteiger partial charge on any atom is 0.243 e. The van der Waals surface area contributed by atoms with E-state index in [4.69, 9.17) is 10.5 Å². The van der Waals surface area contributed by atoms with Gasteiger partial charge in [-0.15, -0.1) is 0 Å². The third-order valence-electron chi connectivity index (χ3n) is 2.59. The van der Waals surface area contributed by atoms with Gasteiger partial charge in [-0.05, 0) is 24.1 Å². The highest BCUT2D eigenvalue weighted by atomic mass is 16.5. The molecule has 1 aromatic carbocycles. The minimum atomic E-state index is -0.458. The third-order valence-corrected chi connectivity index (χ3v) is 2.59. The normalized spacial score (nSPS) is 12.3. The fourth-order valence-electron chi connectivity index (χ4n) is 1.68. The molecule has 0 heterocycles. The van der Waals surface area contributed by atoms with Crippen molar-refractivity contribution in [2.45, 2.75) is 19.4 Å². The minimum absolute atomic E-state index is 0.0440. The molecule has 0 aliphatic rings. The van der Waals surface area contributed by atoms with Crippen molar-refractivity contribution in [3.05, 3.63) is 29.8 Å². The molecule has 0 saturated carbocycles. The third kappa shape index (κ3) is 5.16. The summed E-state index contributed by atoms with van der Waals surface area (Å²) in [5.41, 5.74) is 6.07. The molecule has 4 N–H and O–H groups in total. The van der Waals surface area contributed by atoms with Crippen molar-refractivity contribution in [3.63, 3.8) is 0 Å². The van der Waals surface area contributed by atoms with Gasteiger partial charge in [0, 0.05) is 12.6 Å². The molecule has 100 valence electrons. The lowest BCUT2D eigenvalue weighted by Crippen LogP contribution is -2.27. The van der Waals surface area contributed by atoms with Gasteiger partial charge in [0.25, 0.3) is 0 Å². The van der Waals surface area contributed by atoms with Crippen molar-refractivity contribution in [1.82, 2.24) is 5.32 Å². The number of hydrogen-bond acceptors (Lipinski definition) is 4. The first-order chi connectivity index (χ1) is 8.63. The van der Waals surface area contributed by atoms with E-state index >= 15 is 0 Å². The Kier molecular flexibility index (Phi) is 6.18. The number of primary amides is 1. The molecular formula is C13H20N2O3. The van der Waals surface area contributed by atoms with Crippen LogP contribution in [0.1, 0.15) is 24.9 Å². The van der Waals surface area contributed by atoms with Crippen molar-refractivity contribution in [1.29, 1.82) is 0 Å². The number of phenolic OH excluding ortho intramolecular Hbond substituents is 1. The van der Waals surface area contributed by atoms with Gasteiger partial charge in [0.15, 0.2) is 0 Å². The lowest BCUT2D eigenvalue weighted by molar-refractivity contribution is -0.122. The lowest BCUT2D eigenvalue weighted by atomic mass is 10.0. The number of nitrogens with one attached hydrogen (secondary N) is 1. The standard InChI is InChI=1S/C13H20N2O3/c1-2-12(10-3-5-11(16)6-4-10)15-7-8-18-9-13(14)17/h3-6,12,15-16H,2,7-9H2,1H3,(H2,14,17). The van der Waals surface area contributed by atoms with E-state index in [0.29, 0.717) is 13.2 Å². The smallest absolute Gasteiger partial charge is 0.243 e. The second-order valence-corrected chi connectivity index (χ2v) is 4.03. The van der Waals surface area contributed by atoms with Crippen molar-refractivity contribution in [3.8, 4) is 5.75 Å². The van der Waals surface area contributed by atoms with Gasteiger partial charge in [-0.3, -0.25) is 4.79 Å². The second-order valence-electron chi connectivity index (χ2n) is 4.03. The van der Waals surface area contributed by atoms with E-state index in [1.165, 1.54) is 0 Å². The van der Waals surface area contributed by atoms with E-state index in [-0.39, 0.29) is 18.4 Å². The van der Waals surface area contributed by atoms with E-state index in [9.17, 15) is 9.90 Å². The summed E-state index contributed by atoms with van der Waals surface area (Å²) in [5.74, 6) is -0.195. The number of nitrogens with two attached hydrogens (primary N) is 1. The molecule has 0 bridgehead atoms. The summed E-state index contributed by atoms with van der Waals surface area (Å²) >= 11 is 0. The predicted molar refractivity (Wildman–Crippen MR) is 69.2 cm³/mol. The highest BCUT2D eigenvalue weighted by molar-refractivity contribution is 5.74. The van der Waals surface area contributed by atoms with E-state index in [1.54, 1.807) is 12.1 Å². The Morgan fingerprint density at radius 1 is 1.44 bits per heavy atom. The summed E-state index contributed by atoms with van der Waals surface area (Å²) < 4.78 is 5.07. The van der Waals surface area contributed by atoms with Crippen molar-refractivity contribution < 1.29 is 14.6 Å². The average molecular weight is 252 g/mol. The van der Waals surface area contributed by atoms with Crippen LogP contribution < -0.4 is 11.1 Å². The first kappa shape index (κ1) is 14.5. The summed E-state index contributed by atoms with van der Waals surface area (Å²) in [4.78, 5) is 10.5. The number of rotatable bonds is 8. The van der Waals surface area contributed by atoms with Crippen LogP contribution in [0.2, 0.25) is 0 Å². The van der Waals surface area contributed by atoms with Crippen LogP contribution in [0.5, 0.6) is 5.75 Å². The molecule has 0 spiro atoms. The molecule has 0 aliphatic heterocycles. The van der Waals surface area contributed by atoms with Crippen LogP contribution in [0, 0.1) is 0 Å². The van der Waals surface area contributed by atoms with Crippen LogP contribution in [0.3, 0.4) is 0 Å². The minimum Gasteiger partial charge on any atom is -0.508 e. The second kappa shape index (κ2) is 7.68. The summed E-state index contributed by atoms with van der Waals surface area (Å²) in [6, 6.07) is 7.33. The number of carbonyl (C=O) groups is 1. The zero-order valence-corrected chi connectivity index (χ0v) is 10.6. The Labute approximate surface area is 107 Å². The zero-order valence-electron chi connectivity index (χ0n) is 10.6. The van der Waals surface area contributed by atoms with Crippen LogP contribution in [0.4, 0.5) is 0 Å².